The van der Waals surface area contributed by atoms with Crippen LogP contribution in [-0.2, 0) is 11.3 Å². The number of nitrogens with one attached hydrogen (secondary N) is 2. The number of amides is 2. The quantitative estimate of drug-likeness (QED) is 0.774. The van der Waals surface area contributed by atoms with Gasteiger partial charge in [0.1, 0.15) is 0 Å². The maximum Gasteiger partial charge on any atom is 0.251 e. The van der Waals surface area contributed by atoms with Crippen LogP contribution in [0.4, 0.5) is 0 Å². The van der Waals surface area contributed by atoms with Crippen molar-refractivity contribution in [1.29, 1.82) is 0 Å². The van der Waals surface area contributed by atoms with Gasteiger partial charge in [0.15, 0.2) is 0 Å². The molecule has 0 heterocycles. The Bertz CT molecular complexity index is 582. The minimum atomic E-state index is -0.405. The molecule has 0 atom stereocenters. The topological polar surface area (TPSA) is 84.2 Å². The zero-order valence-electron chi connectivity index (χ0n) is 14.9. The van der Waals surface area contributed by atoms with Gasteiger partial charge in [-0.05, 0) is 30.5 Å². The van der Waals surface area contributed by atoms with Gasteiger partial charge in [-0.25, -0.2) is 0 Å². The van der Waals surface area contributed by atoms with Gasteiger partial charge in [-0.3, -0.25) is 9.59 Å². The van der Waals surface area contributed by atoms with E-state index >= 15 is 0 Å². The first-order chi connectivity index (χ1) is 11.3. The number of benzene rings is 1. The molecule has 0 aromatic heterocycles. The first-order valence-electron chi connectivity index (χ1n) is 8.66. The molecule has 1 aliphatic carbocycles. The molecule has 5 heteroatoms. The largest absolute Gasteiger partial charge is 0.352 e. The smallest absolute Gasteiger partial charge is 0.251 e. The highest BCUT2D eigenvalue weighted by Gasteiger charge is 2.34. The van der Waals surface area contributed by atoms with Gasteiger partial charge in [0.25, 0.3) is 5.91 Å². The summed E-state index contributed by atoms with van der Waals surface area (Å²) in [5, 5.41) is 6.02. The number of nitrogens with two attached hydrogens (primary N) is 1. The molecule has 5 nitrogen and oxygen atoms in total. The number of hydrogen-bond acceptors (Lipinski definition) is 3. The predicted octanol–water partition coefficient (Wildman–Crippen LogP) is 2.35. The van der Waals surface area contributed by atoms with Crippen molar-refractivity contribution in [2.45, 2.75) is 58.5 Å². The molecule has 0 unspecified atom stereocenters. The first-order valence-corrected chi connectivity index (χ1v) is 8.66. The Hall–Kier alpha value is -1.88. The summed E-state index contributed by atoms with van der Waals surface area (Å²) in [6, 6.07) is 7.35. The van der Waals surface area contributed by atoms with E-state index < -0.39 is 5.41 Å². The van der Waals surface area contributed by atoms with Crippen LogP contribution >= 0.6 is 0 Å². The molecular weight excluding hydrogens is 302 g/mol. The summed E-state index contributed by atoms with van der Waals surface area (Å²) in [6.07, 6.45) is 4.13. The van der Waals surface area contributed by atoms with E-state index in [1.165, 1.54) is 0 Å². The van der Waals surface area contributed by atoms with Crippen molar-refractivity contribution >= 4 is 11.8 Å². The third kappa shape index (κ3) is 4.57. The lowest BCUT2D eigenvalue weighted by molar-refractivity contribution is -0.128. The average molecular weight is 331 g/mol. The van der Waals surface area contributed by atoms with E-state index in [1.54, 1.807) is 12.1 Å². The van der Waals surface area contributed by atoms with Gasteiger partial charge >= 0.3 is 0 Å². The molecule has 1 fully saturated rings. The van der Waals surface area contributed by atoms with Gasteiger partial charge < -0.3 is 16.4 Å². The molecule has 4 N–H and O–H groups in total. The van der Waals surface area contributed by atoms with Gasteiger partial charge in [0, 0.05) is 24.1 Å². The van der Waals surface area contributed by atoms with E-state index in [4.69, 9.17) is 5.73 Å². The van der Waals surface area contributed by atoms with Crippen molar-refractivity contribution in [3.63, 3.8) is 0 Å². The maximum absolute atomic E-state index is 12.4. The highest BCUT2D eigenvalue weighted by molar-refractivity contribution is 5.94. The van der Waals surface area contributed by atoms with E-state index in [9.17, 15) is 9.59 Å². The van der Waals surface area contributed by atoms with Crippen LogP contribution in [0.2, 0.25) is 0 Å². The zero-order chi connectivity index (χ0) is 17.8. The fraction of sp³-hybridized carbons (Fsp3) is 0.579. The van der Waals surface area contributed by atoms with Crippen molar-refractivity contribution in [1.82, 2.24) is 10.6 Å². The van der Waals surface area contributed by atoms with E-state index in [0.29, 0.717) is 18.7 Å². The molecule has 0 aliphatic heterocycles. The molecule has 0 spiro atoms. The fourth-order valence-electron chi connectivity index (χ4n) is 2.97. The molecular formula is C19H29N3O2. The monoisotopic (exact) mass is 331 g/mol. The molecule has 0 saturated heterocycles. The van der Waals surface area contributed by atoms with Crippen molar-refractivity contribution in [3.05, 3.63) is 35.4 Å². The SMILES string of the molecule is CC(C)(C)C(=O)NCc1ccc(C(=O)NC2(CN)CCCC2)cc1. The lowest BCUT2D eigenvalue weighted by atomic mass is 9.95. The number of rotatable bonds is 5. The third-order valence-electron chi connectivity index (χ3n) is 4.68. The summed E-state index contributed by atoms with van der Waals surface area (Å²) in [6.45, 7) is 6.59. The number of carbonyl (C=O) groups is 2. The molecule has 1 saturated carbocycles. The molecule has 132 valence electrons. The van der Waals surface area contributed by atoms with Crippen LogP contribution in [0.3, 0.4) is 0 Å². The first kappa shape index (κ1) is 18.5. The predicted molar refractivity (Wildman–Crippen MR) is 95.5 cm³/mol. The van der Waals surface area contributed by atoms with Crippen LogP contribution in [-0.4, -0.2) is 23.9 Å². The molecule has 24 heavy (non-hydrogen) atoms. The maximum atomic E-state index is 12.4. The molecule has 0 radical (unpaired) electrons. The Morgan fingerprint density at radius 3 is 2.21 bits per heavy atom. The Balaban J connectivity index is 1.94. The molecule has 1 aliphatic rings. The van der Waals surface area contributed by atoms with Crippen molar-refractivity contribution in [2.24, 2.45) is 11.1 Å². The van der Waals surface area contributed by atoms with Crippen LogP contribution in [0.1, 0.15) is 62.4 Å². The average Bonchev–Trinajstić information content (AvgIpc) is 3.01. The summed E-state index contributed by atoms with van der Waals surface area (Å²) < 4.78 is 0. The van der Waals surface area contributed by atoms with Gasteiger partial charge in [-0.1, -0.05) is 45.7 Å². The summed E-state index contributed by atoms with van der Waals surface area (Å²) >= 11 is 0. The van der Waals surface area contributed by atoms with E-state index in [0.717, 1.165) is 31.2 Å². The highest BCUT2D eigenvalue weighted by atomic mass is 16.2. The van der Waals surface area contributed by atoms with E-state index in [2.05, 4.69) is 10.6 Å². The normalized spacial score (nSPS) is 16.7. The van der Waals surface area contributed by atoms with Gasteiger partial charge in [-0.15, -0.1) is 0 Å². The lowest BCUT2D eigenvalue weighted by Crippen LogP contribution is -2.51. The van der Waals surface area contributed by atoms with Gasteiger partial charge in [0.05, 0.1) is 5.54 Å². The second-order valence-corrected chi connectivity index (χ2v) is 7.78. The Kier molecular flexibility index (Phi) is 5.65. The Morgan fingerprint density at radius 2 is 1.71 bits per heavy atom. The molecule has 2 rings (SSSR count). The van der Waals surface area contributed by atoms with Crippen molar-refractivity contribution in [2.75, 3.05) is 6.54 Å². The van der Waals surface area contributed by atoms with Crippen LogP contribution in [0.15, 0.2) is 24.3 Å². The second-order valence-electron chi connectivity index (χ2n) is 7.78. The third-order valence-corrected chi connectivity index (χ3v) is 4.68. The second kappa shape index (κ2) is 7.34. The van der Waals surface area contributed by atoms with Crippen molar-refractivity contribution in [3.8, 4) is 0 Å². The van der Waals surface area contributed by atoms with Crippen molar-refractivity contribution < 1.29 is 9.59 Å². The lowest BCUT2D eigenvalue weighted by Gasteiger charge is -2.28. The zero-order valence-corrected chi connectivity index (χ0v) is 14.9. The highest BCUT2D eigenvalue weighted by Crippen LogP contribution is 2.28. The van der Waals surface area contributed by atoms with E-state index in [1.807, 2.05) is 32.9 Å². The van der Waals surface area contributed by atoms with Crippen LogP contribution in [0, 0.1) is 5.41 Å². The van der Waals surface area contributed by atoms with E-state index in [-0.39, 0.29) is 17.4 Å². The summed E-state index contributed by atoms with van der Waals surface area (Å²) in [7, 11) is 0. The summed E-state index contributed by atoms with van der Waals surface area (Å²) in [5.74, 6) is -0.0666. The molecule has 1 aromatic rings. The van der Waals surface area contributed by atoms with Crippen LogP contribution in [0.25, 0.3) is 0 Å². The minimum Gasteiger partial charge on any atom is -0.352 e. The molecule has 2 amide bonds. The number of hydrogen-bond donors (Lipinski definition) is 3. The van der Waals surface area contributed by atoms with Gasteiger partial charge in [-0.2, -0.15) is 0 Å². The minimum absolute atomic E-state index is 0.00967. The summed E-state index contributed by atoms with van der Waals surface area (Å²) in [5.41, 5.74) is 6.82. The summed E-state index contributed by atoms with van der Waals surface area (Å²) in [4.78, 5) is 24.3. The van der Waals surface area contributed by atoms with Crippen LogP contribution in [0.5, 0.6) is 0 Å². The molecule has 0 bridgehead atoms. The number of carbonyl (C=O) groups excluding carboxylic acids is 2. The Labute approximate surface area is 144 Å². The standard InChI is InChI=1S/C19H29N3O2/c1-18(2,3)17(24)21-12-14-6-8-15(9-7-14)16(23)22-19(13-20)10-4-5-11-19/h6-9H,4-5,10-13,20H2,1-3H3,(H,21,24)(H,22,23). The fourth-order valence-corrected chi connectivity index (χ4v) is 2.97. The molecule has 1 aromatic carbocycles. The van der Waals surface area contributed by atoms with Crippen LogP contribution < -0.4 is 16.4 Å². The van der Waals surface area contributed by atoms with Gasteiger partial charge in [0.2, 0.25) is 5.91 Å². The Morgan fingerprint density at radius 1 is 1.12 bits per heavy atom.